The second kappa shape index (κ2) is 11.2. The average Bonchev–Trinajstić information content (AvgIpc) is 2.35. The number of hydrogen-bond donors (Lipinski definition) is 0. The highest BCUT2D eigenvalue weighted by Crippen LogP contribution is 2.27. The summed E-state index contributed by atoms with van der Waals surface area (Å²) in [6.45, 7) is 11.7. The highest BCUT2D eigenvalue weighted by molar-refractivity contribution is 8.02. The molecule has 0 heterocycles. The number of thioether (sulfide) groups is 1. The van der Waals surface area contributed by atoms with E-state index in [0.29, 0.717) is 0 Å². The van der Waals surface area contributed by atoms with Gasteiger partial charge >= 0.3 is 0 Å². The van der Waals surface area contributed by atoms with Gasteiger partial charge in [0.2, 0.25) is 0 Å². The van der Waals surface area contributed by atoms with E-state index in [4.69, 9.17) is 0 Å². The molecule has 0 aromatic carbocycles. The fourth-order valence-corrected chi connectivity index (χ4v) is 2.89. The van der Waals surface area contributed by atoms with E-state index >= 15 is 0 Å². The Morgan fingerprint density at radius 1 is 1.00 bits per heavy atom. The van der Waals surface area contributed by atoms with Gasteiger partial charge in [-0.25, -0.2) is 0 Å². The van der Waals surface area contributed by atoms with Crippen molar-refractivity contribution in [2.45, 2.75) is 66.7 Å². The van der Waals surface area contributed by atoms with E-state index in [0.717, 1.165) is 17.8 Å². The molecule has 102 valence electrons. The summed E-state index contributed by atoms with van der Waals surface area (Å²) in [5.41, 5.74) is 0. The lowest BCUT2D eigenvalue weighted by molar-refractivity contribution is 0.255. The Kier molecular flexibility index (Phi) is 11.3. The topological polar surface area (TPSA) is 0 Å². The zero-order valence-corrected chi connectivity index (χ0v) is 13.4. The van der Waals surface area contributed by atoms with Crippen molar-refractivity contribution < 1.29 is 0 Å². The van der Waals surface area contributed by atoms with Gasteiger partial charge in [-0.15, -0.1) is 11.8 Å². The molecule has 3 atom stereocenters. The molecule has 17 heavy (non-hydrogen) atoms. The van der Waals surface area contributed by atoms with Crippen LogP contribution in [0.25, 0.3) is 0 Å². The maximum absolute atomic E-state index is 2.44. The first-order chi connectivity index (χ1) is 8.13. The van der Waals surface area contributed by atoms with Gasteiger partial charge in [0.25, 0.3) is 0 Å². The van der Waals surface area contributed by atoms with Crippen molar-refractivity contribution in [1.29, 1.82) is 0 Å². The molecule has 0 amide bonds. The molecule has 0 N–H and O–H groups in total. The van der Waals surface area contributed by atoms with E-state index in [2.05, 4.69) is 46.1 Å². The second-order valence-electron chi connectivity index (χ2n) is 5.41. The molecule has 1 heteroatoms. The van der Waals surface area contributed by atoms with E-state index in [1.165, 1.54) is 37.9 Å². The number of unbranched alkanes of at least 4 members (excludes halogenated alkanes) is 2. The summed E-state index contributed by atoms with van der Waals surface area (Å²) in [5.74, 6) is 3.96. The molecule has 0 rings (SSSR count). The summed E-state index contributed by atoms with van der Waals surface area (Å²) in [5, 5.41) is 2.20. The Bertz CT molecular complexity index is 186. The van der Waals surface area contributed by atoms with Crippen molar-refractivity contribution in [1.82, 2.24) is 0 Å². The summed E-state index contributed by atoms with van der Waals surface area (Å²) in [6, 6.07) is 0. The molecule has 0 nitrogen and oxygen atoms in total. The second-order valence-corrected chi connectivity index (χ2v) is 6.43. The Morgan fingerprint density at radius 2 is 1.71 bits per heavy atom. The summed E-state index contributed by atoms with van der Waals surface area (Å²) in [6.07, 6.45) is 9.06. The molecule has 0 spiro atoms. The largest absolute Gasteiger partial charge is 0.134 e. The van der Waals surface area contributed by atoms with Gasteiger partial charge in [-0.2, -0.15) is 0 Å². The molecule has 0 saturated carbocycles. The summed E-state index contributed by atoms with van der Waals surface area (Å²) >= 11 is 1.95. The van der Waals surface area contributed by atoms with Crippen LogP contribution >= 0.6 is 11.8 Å². The minimum atomic E-state index is 0.884. The Hall–Kier alpha value is 0.0900. The molecule has 0 radical (unpaired) electrons. The predicted octanol–water partition coefficient (Wildman–Crippen LogP) is 6.13. The van der Waals surface area contributed by atoms with Crippen LogP contribution in [0.4, 0.5) is 0 Å². The van der Waals surface area contributed by atoms with Crippen molar-refractivity contribution in [3.63, 3.8) is 0 Å². The predicted molar refractivity (Wildman–Crippen MR) is 83.5 cm³/mol. The Labute approximate surface area is 114 Å². The minimum absolute atomic E-state index is 0.884. The maximum Gasteiger partial charge on any atom is -0.00261 e. The summed E-state index contributed by atoms with van der Waals surface area (Å²) in [7, 11) is 0. The molecular weight excluding hydrogens is 224 g/mol. The zero-order chi connectivity index (χ0) is 13.1. The fraction of sp³-hybridized carbons (Fsp3) is 0.875. The molecule has 0 fully saturated rings. The normalized spacial score (nSPS) is 17.2. The molecule has 0 aromatic heterocycles. The molecular formula is C16H32S. The van der Waals surface area contributed by atoms with E-state index in [-0.39, 0.29) is 0 Å². The van der Waals surface area contributed by atoms with Gasteiger partial charge in [0.15, 0.2) is 0 Å². The van der Waals surface area contributed by atoms with Crippen LogP contribution in [0.15, 0.2) is 11.5 Å². The third-order valence-corrected chi connectivity index (χ3v) is 5.08. The summed E-state index contributed by atoms with van der Waals surface area (Å²) < 4.78 is 0. The van der Waals surface area contributed by atoms with E-state index in [9.17, 15) is 0 Å². The SMILES string of the molecule is C/C=C\SCCCCCC(C)C(C)C(C)CC. The molecule has 0 aliphatic rings. The van der Waals surface area contributed by atoms with Crippen LogP contribution in [0.3, 0.4) is 0 Å². The summed E-state index contributed by atoms with van der Waals surface area (Å²) in [4.78, 5) is 0. The monoisotopic (exact) mass is 256 g/mol. The van der Waals surface area contributed by atoms with Crippen LogP contribution in [-0.2, 0) is 0 Å². The molecule has 0 aromatic rings. The molecule has 0 saturated heterocycles. The van der Waals surface area contributed by atoms with Crippen molar-refractivity contribution in [3.8, 4) is 0 Å². The maximum atomic E-state index is 2.44. The van der Waals surface area contributed by atoms with Crippen LogP contribution in [0.5, 0.6) is 0 Å². The van der Waals surface area contributed by atoms with Crippen molar-refractivity contribution >= 4 is 11.8 Å². The third-order valence-electron chi connectivity index (χ3n) is 4.09. The smallest absolute Gasteiger partial charge is 0.00261 e. The van der Waals surface area contributed by atoms with Crippen LogP contribution in [0.1, 0.15) is 66.7 Å². The molecule has 3 unspecified atom stereocenters. The lowest BCUT2D eigenvalue weighted by atomic mass is 9.81. The highest BCUT2D eigenvalue weighted by Gasteiger charge is 2.16. The van der Waals surface area contributed by atoms with Crippen molar-refractivity contribution in [3.05, 3.63) is 11.5 Å². The number of rotatable bonds is 10. The quantitative estimate of drug-likeness (QED) is 0.424. The van der Waals surface area contributed by atoms with Gasteiger partial charge in [-0.3, -0.25) is 0 Å². The van der Waals surface area contributed by atoms with Crippen molar-refractivity contribution in [2.75, 3.05) is 5.75 Å². The average molecular weight is 256 g/mol. The first-order valence-corrected chi connectivity index (χ1v) is 8.41. The Morgan fingerprint density at radius 3 is 2.29 bits per heavy atom. The molecule has 0 aliphatic heterocycles. The van der Waals surface area contributed by atoms with E-state index in [1.54, 1.807) is 0 Å². The minimum Gasteiger partial charge on any atom is -0.134 e. The van der Waals surface area contributed by atoms with Crippen molar-refractivity contribution in [2.24, 2.45) is 17.8 Å². The van der Waals surface area contributed by atoms with Crippen LogP contribution < -0.4 is 0 Å². The van der Waals surface area contributed by atoms with E-state index in [1.807, 2.05) is 11.8 Å². The standard InChI is InChI=1S/C16H32S/c1-6-12-17-13-10-8-9-11-15(4)16(5)14(3)7-2/h6,12,14-16H,7-11,13H2,1-5H3/b12-6-. The Balaban J connectivity index is 3.47. The van der Waals surface area contributed by atoms with E-state index < -0.39 is 0 Å². The van der Waals surface area contributed by atoms with Gasteiger partial charge < -0.3 is 0 Å². The first-order valence-electron chi connectivity index (χ1n) is 7.36. The lowest BCUT2D eigenvalue weighted by Crippen LogP contribution is -2.16. The third kappa shape index (κ3) is 8.77. The molecule has 0 aliphatic carbocycles. The van der Waals surface area contributed by atoms with Crippen LogP contribution in [-0.4, -0.2) is 5.75 Å². The first kappa shape index (κ1) is 17.1. The number of allylic oxidation sites excluding steroid dienone is 1. The van der Waals surface area contributed by atoms with Gasteiger partial charge in [0.1, 0.15) is 0 Å². The van der Waals surface area contributed by atoms with Crippen LogP contribution in [0, 0.1) is 17.8 Å². The van der Waals surface area contributed by atoms with Crippen LogP contribution in [0.2, 0.25) is 0 Å². The fourth-order valence-electron chi connectivity index (χ4n) is 2.19. The number of hydrogen-bond acceptors (Lipinski definition) is 1. The van der Waals surface area contributed by atoms with Gasteiger partial charge in [-0.1, -0.05) is 59.5 Å². The van der Waals surface area contributed by atoms with Gasteiger partial charge in [0, 0.05) is 0 Å². The lowest BCUT2D eigenvalue weighted by Gasteiger charge is -2.25. The molecule has 0 bridgehead atoms. The zero-order valence-electron chi connectivity index (χ0n) is 12.5. The van der Waals surface area contributed by atoms with Gasteiger partial charge in [-0.05, 0) is 42.3 Å². The van der Waals surface area contributed by atoms with Gasteiger partial charge in [0.05, 0.1) is 0 Å². The highest BCUT2D eigenvalue weighted by atomic mass is 32.2.